The van der Waals surface area contributed by atoms with E-state index in [1.54, 1.807) is 18.3 Å². The summed E-state index contributed by atoms with van der Waals surface area (Å²) in [6.45, 7) is 5.46. The average Bonchev–Trinajstić information content (AvgIpc) is 3.05. The van der Waals surface area contributed by atoms with Gasteiger partial charge in [-0.25, -0.2) is 18.1 Å². The molecule has 0 fully saturated rings. The van der Waals surface area contributed by atoms with Gasteiger partial charge in [-0.2, -0.15) is 5.10 Å². The number of hydrogen-bond acceptors (Lipinski definition) is 5. The van der Waals surface area contributed by atoms with Crippen molar-refractivity contribution in [2.75, 3.05) is 11.9 Å². The van der Waals surface area contributed by atoms with Gasteiger partial charge in [0.1, 0.15) is 10.7 Å². The third-order valence-electron chi connectivity index (χ3n) is 3.55. The van der Waals surface area contributed by atoms with Gasteiger partial charge >= 0.3 is 0 Å². The van der Waals surface area contributed by atoms with Gasteiger partial charge in [0.25, 0.3) is 0 Å². The molecule has 0 aliphatic carbocycles. The van der Waals surface area contributed by atoms with E-state index in [1.807, 2.05) is 30.8 Å². The molecule has 0 spiro atoms. The van der Waals surface area contributed by atoms with E-state index in [2.05, 4.69) is 20.1 Å². The van der Waals surface area contributed by atoms with Crippen LogP contribution in [0.3, 0.4) is 0 Å². The molecule has 0 saturated carbocycles. The minimum absolute atomic E-state index is 0.0832. The van der Waals surface area contributed by atoms with Crippen molar-refractivity contribution in [2.24, 2.45) is 0 Å². The van der Waals surface area contributed by atoms with Crippen molar-refractivity contribution in [3.8, 4) is 0 Å². The van der Waals surface area contributed by atoms with Gasteiger partial charge in [-0.3, -0.25) is 4.68 Å². The number of aromatic nitrogens is 3. The second kappa shape index (κ2) is 8.79. The maximum atomic E-state index is 12.2. The van der Waals surface area contributed by atoms with Crippen molar-refractivity contribution in [1.82, 2.24) is 19.5 Å². The van der Waals surface area contributed by atoms with Crippen molar-refractivity contribution >= 4 is 15.8 Å². The molecule has 1 atom stereocenters. The van der Waals surface area contributed by atoms with E-state index in [0.29, 0.717) is 5.82 Å². The Labute approximate surface area is 143 Å². The molecule has 0 saturated heterocycles. The molecule has 0 aliphatic rings. The Kier molecular flexibility index (Phi) is 6.74. The Hall–Kier alpha value is -1.93. The highest BCUT2D eigenvalue weighted by molar-refractivity contribution is 7.89. The van der Waals surface area contributed by atoms with E-state index >= 15 is 0 Å². The van der Waals surface area contributed by atoms with Crippen molar-refractivity contribution in [3.63, 3.8) is 0 Å². The number of nitrogens with zero attached hydrogens (tertiary/aromatic N) is 3. The molecule has 2 aromatic rings. The predicted octanol–water partition coefficient (Wildman–Crippen LogP) is 2.25. The van der Waals surface area contributed by atoms with Crippen LogP contribution < -0.4 is 10.0 Å². The van der Waals surface area contributed by atoms with Crippen molar-refractivity contribution in [2.45, 2.75) is 50.6 Å². The lowest BCUT2D eigenvalue weighted by Crippen LogP contribution is -2.32. The standard InChI is InChI=1S/C16H25N5O2S/c1-3-6-14(2)20-24(22,23)15-7-8-16(18-13-15)17-9-4-11-21-12-5-10-19-21/h5,7-8,10,12-14,20H,3-4,6,9,11H2,1-2H3,(H,17,18). The fourth-order valence-electron chi connectivity index (χ4n) is 2.36. The van der Waals surface area contributed by atoms with E-state index in [1.165, 1.54) is 6.20 Å². The lowest BCUT2D eigenvalue weighted by atomic mass is 10.2. The van der Waals surface area contributed by atoms with E-state index in [-0.39, 0.29) is 10.9 Å². The molecule has 0 aromatic carbocycles. The number of anilines is 1. The molecule has 7 nitrogen and oxygen atoms in total. The predicted molar refractivity (Wildman–Crippen MR) is 94.3 cm³/mol. The smallest absolute Gasteiger partial charge is 0.242 e. The summed E-state index contributed by atoms with van der Waals surface area (Å²) >= 11 is 0. The van der Waals surface area contributed by atoms with Crippen LogP contribution in [-0.2, 0) is 16.6 Å². The molecule has 0 aliphatic heterocycles. The van der Waals surface area contributed by atoms with Crippen LogP contribution in [0.25, 0.3) is 0 Å². The highest BCUT2D eigenvalue weighted by atomic mass is 32.2. The number of hydrogen-bond donors (Lipinski definition) is 2. The minimum Gasteiger partial charge on any atom is -0.370 e. The van der Waals surface area contributed by atoms with Gasteiger partial charge in [-0.05, 0) is 38.0 Å². The molecule has 1 unspecified atom stereocenters. The normalized spacial score (nSPS) is 12.9. The Morgan fingerprint density at radius 2 is 2.17 bits per heavy atom. The zero-order chi connectivity index (χ0) is 17.4. The van der Waals surface area contributed by atoms with Crippen molar-refractivity contribution in [1.29, 1.82) is 0 Å². The lowest BCUT2D eigenvalue weighted by molar-refractivity contribution is 0.543. The summed E-state index contributed by atoms with van der Waals surface area (Å²) in [6, 6.07) is 5.07. The lowest BCUT2D eigenvalue weighted by Gasteiger charge is -2.13. The third kappa shape index (κ3) is 5.61. The highest BCUT2D eigenvalue weighted by Gasteiger charge is 2.17. The number of rotatable bonds is 10. The van der Waals surface area contributed by atoms with Crippen molar-refractivity contribution in [3.05, 3.63) is 36.8 Å². The molecule has 2 aromatic heterocycles. The first kappa shape index (κ1) is 18.4. The van der Waals surface area contributed by atoms with Gasteiger partial charge in [-0.15, -0.1) is 0 Å². The molecule has 132 valence electrons. The van der Waals surface area contributed by atoms with Crippen LogP contribution in [0.5, 0.6) is 0 Å². The summed E-state index contributed by atoms with van der Waals surface area (Å²) in [7, 11) is -3.51. The molecule has 8 heteroatoms. The van der Waals surface area contributed by atoms with Gasteiger partial charge in [0, 0.05) is 37.7 Å². The Balaban J connectivity index is 1.83. The second-order valence-corrected chi connectivity index (χ2v) is 7.45. The summed E-state index contributed by atoms with van der Waals surface area (Å²) in [5, 5.41) is 7.32. The Bertz CT molecular complexity index is 699. The van der Waals surface area contributed by atoms with Gasteiger partial charge in [0.2, 0.25) is 10.0 Å². The van der Waals surface area contributed by atoms with Crippen LogP contribution in [0.2, 0.25) is 0 Å². The quantitative estimate of drug-likeness (QED) is 0.641. The van der Waals surface area contributed by atoms with Crippen LogP contribution in [-0.4, -0.2) is 35.8 Å². The molecule has 24 heavy (non-hydrogen) atoms. The fourth-order valence-corrected chi connectivity index (χ4v) is 3.58. The van der Waals surface area contributed by atoms with E-state index in [4.69, 9.17) is 0 Å². The second-order valence-electron chi connectivity index (χ2n) is 5.74. The van der Waals surface area contributed by atoms with Gasteiger partial charge < -0.3 is 5.32 Å². The van der Waals surface area contributed by atoms with Crippen LogP contribution >= 0.6 is 0 Å². The molecule has 2 rings (SSSR count). The Morgan fingerprint density at radius 3 is 2.79 bits per heavy atom. The maximum absolute atomic E-state index is 12.2. The van der Waals surface area contributed by atoms with Crippen LogP contribution in [0, 0.1) is 0 Å². The van der Waals surface area contributed by atoms with E-state index < -0.39 is 10.0 Å². The summed E-state index contributed by atoms with van der Waals surface area (Å²) in [5.74, 6) is 0.663. The zero-order valence-electron chi connectivity index (χ0n) is 14.1. The topological polar surface area (TPSA) is 88.9 Å². The first-order valence-corrected chi connectivity index (χ1v) is 9.69. The number of nitrogens with one attached hydrogen (secondary N) is 2. The SMILES string of the molecule is CCCC(C)NS(=O)(=O)c1ccc(NCCCn2cccn2)nc1. The monoisotopic (exact) mass is 351 g/mol. The van der Waals surface area contributed by atoms with Crippen LogP contribution in [0.15, 0.2) is 41.7 Å². The molecular weight excluding hydrogens is 326 g/mol. The van der Waals surface area contributed by atoms with Crippen LogP contribution in [0.1, 0.15) is 33.1 Å². The van der Waals surface area contributed by atoms with Gasteiger partial charge in [0.05, 0.1) is 0 Å². The largest absolute Gasteiger partial charge is 0.370 e. The van der Waals surface area contributed by atoms with Gasteiger partial charge in [0.15, 0.2) is 0 Å². The van der Waals surface area contributed by atoms with E-state index in [0.717, 1.165) is 32.4 Å². The number of aryl methyl sites for hydroxylation is 1. The molecule has 0 radical (unpaired) electrons. The molecule has 0 bridgehead atoms. The van der Waals surface area contributed by atoms with Crippen molar-refractivity contribution < 1.29 is 8.42 Å². The third-order valence-corrected chi connectivity index (χ3v) is 5.13. The average molecular weight is 351 g/mol. The number of pyridine rings is 1. The zero-order valence-corrected chi connectivity index (χ0v) is 15.0. The maximum Gasteiger partial charge on any atom is 0.242 e. The summed E-state index contributed by atoms with van der Waals surface area (Å²) in [5.41, 5.74) is 0. The minimum atomic E-state index is -3.51. The first-order chi connectivity index (χ1) is 11.5. The molecule has 0 amide bonds. The number of sulfonamides is 1. The summed E-state index contributed by atoms with van der Waals surface area (Å²) in [6.07, 6.45) is 7.70. The highest BCUT2D eigenvalue weighted by Crippen LogP contribution is 2.12. The molecule has 2 heterocycles. The molecular formula is C16H25N5O2S. The van der Waals surface area contributed by atoms with E-state index in [9.17, 15) is 8.42 Å². The Morgan fingerprint density at radius 1 is 1.33 bits per heavy atom. The van der Waals surface area contributed by atoms with Crippen LogP contribution in [0.4, 0.5) is 5.82 Å². The van der Waals surface area contributed by atoms with Gasteiger partial charge in [-0.1, -0.05) is 13.3 Å². The molecule has 2 N–H and O–H groups in total. The first-order valence-electron chi connectivity index (χ1n) is 8.21. The fraction of sp³-hybridized carbons (Fsp3) is 0.500. The summed E-state index contributed by atoms with van der Waals surface area (Å²) < 4.78 is 29.0. The summed E-state index contributed by atoms with van der Waals surface area (Å²) in [4.78, 5) is 4.37.